The monoisotopic (exact) mass is 476 g/mol. The third-order valence-electron chi connectivity index (χ3n) is 5.40. The van der Waals surface area contributed by atoms with Gasteiger partial charge in [0.2, 0.25) is 5.91 Å². The number of hydrogen-bond donors (Lipinski definition) is 1. The summed E-state index contributed by atoms with van der Waals surface area (Å²) in [6.45, 7) is 2.73. The van der Waals surface area contributed by atoms with Crippen molar-refractivity contribution >= 4 is 34.5 Å². The summed E-state index contributed by atoms with van der Waals surface area (Å²) in [6, 6.07) is 16.3. The molecule has 1 fully saturated rings. The number of carbonyl (C=O) groups is 2. The highest BCUT2D eigenvalue weighted by molar-refractivity contribution is 8.00. The molecule has 10 nitrogen and oxygen atoms in total. The fourth-order valence-electron chi connectivity index (χ4n) is 3.71. The standard InChI is InChI=1S/C23H20N6O4S/c1-14(20(30)28-12-11-24-22(28)32)34-23-26-25-19(33-23)18-16-9-5-6-10-17(16)21(31)29(27-18)13-15-7-3-2-4-8-15/h2-10,14H,11-13H2,1H3,(H,24,32). The molecule has 0 aliphatic carbocycles. The highest BCUT2D eigenvalue weighted by atomic mass is 32.2. The third kappa shape index (κ3) is 4.17. The van der Waals surface area contributed by atoms with Crippen LogP contribution in [0.3, 0.4) is 0 Å². The maximum atomic E-state index is 13.0. The predicted octanol–water partition coefficient (Wildman–Crippen LogP) is 2.53. The van der Waals surface area contributed by atoms with Crippen LogP contribution in [0.1, 0.15) is 12.5 Å². The highest BCUT2D eigenvalue weighted by Gasteiger charge is 2.31. The minimum Gasteiger partial charge on any atom is -0.409 e. The number of hydrogen-bond acceptors (Lipinski definition) is 8. The van der Waals surface area contributed by atoms with Crippen LogP contribution in [0.5, 0.6) is 0 Å². The average molecular weight is 477 g/mol. The van der Waals surface area contributed by atoms with Crippen molar-refractivity contribution in [3.8, 4) is 11.6 Å². The minimum absolute atomic E-state index is 0.138. The van der Waals surface area contributed by atoms with E-state index in [0.29, 0.717) is 29.6 Å². The fraction of sp³-hybridized carbons (Fsp3) is 0.217. The third-order valence-corrected chi connectivity index (χ3v) is 6.32. The molecule has 0 saturated carbocycles. The van der Waals surface area contributed by atoms with E-state index in [1.807, 2.05) is 36.4 Å². The summed E-state index contributed by atoms with van der Waals surface area (Å²) in [5, 5.41) is 16.0. The lowest BCUT2D eigenvalue weighted by molar-refractivity contribution is -0.126. The van der Waals surface area contributed by atoms with Gasteiger partial charge in [0.25, 0.3) is 16.7 Å². The SMILES string of the molecule is CC(Sc1nnc(-c2nn(Cc3ccccc3)c(=O)c3ccccc23)o1)C(=O)N1CCNC1=O. The van der Waals surface area contributed by atoms with Gasteiger partial charge in [-0.25, -0.2) is 9.48 Å². The van der Waals surface area contributed by atoms with E-state index in [9.17, 15) is 14.4 Å². The van der Waals surface area contributed by atoms with Crippen molar-refractivity contribution < 1.29 is 14.0 Å². The predicted molar refractivity (Wildman–Crippen MR) is 125 cm³/mol. The topological polar surface area (TPSA) is 123 Å². The number of imide groups is 1. The molecule has 1 N–H and O–H groups in total. The van der Waals surface area contributed by atoms with Crippen LogP contribution in [0.2, 0.25) is 0 Å². The van der Waals surface area contributed by atoms with E-state index in [1.165, 1.54) is 9.58 Å². The molecule has 2 aromatic heterocycles. The van der Waals surface area contributed by atoms with Crippen molar-refractivity contribution in [2.24, 2.45) is 0 Å². The van der Waals surface area contributed by atoms with Gasteiger partial charge in [-0.2, -0.15) is 5.10 Å². The smallest absolute Gasteiger partial charge is 0.324 e. The van der Waals surface area contributed by atoms with Gasteiger partial charge in [0.15, 0.2) is 5.69 Å². The van der Waals surface area contributed by atoms with Crippen LogP contribution in [0, 0.1) is 0 Å². The Morgan fingerprint density at radius 3 is 2.56 bits per heavy atom. The first-order chi connectivity index (χ1) is 16.5. The van der Waals surface area contributed by atoms with Crippen molar-refractivity contribution in [3.05, 3.63) is 70.5 Å². The summed E-state index contributed by atoms with van der Waals surface area (Å²) in [6.07, 6.45) is 0. The molecule has 1 atom stereocenters. The maximum absolute atomic E-state index is 13.0. The van der Waals surface area contributed by atoms with E-state index in [1.54, 1.807) is 25.1 Å². The van der Waals surface area contributed by atoms with E-state index in [4.69, 9.17) is 4.42 Å². The molecular weight excluding hydrogens is 456 g/mol. The first-order valence-electron chi connectivity index (χ1n) is 10.6. The van der Waals surface area contributed by atoms with E-state index in [0.717, 1.165) is 17.3 Å². The van der Waals surface area contributed by atoms with Crippen LogP contribution in [0.4, 0.5) is 4.79 Å². The van der Waals surface area contributed by atoms with Crippen molar-refractivity contribution in [3.63, 3.8) is 0 Å². The second kappa shape index (κ2) is 9.10. The zero-order valence-corrected chi connectivity index (χ0v) is 19.0. The normalized spacial score (nSPS) is 14.4. The minimum atomic E-state index is -0.603. The van der Waals surface area contributed by atoms with Gasteiger partial charge in [0.1, 0.15) is 0 Å². The van der Waals surface area contributed by atoms with Crippen molar-refractivity contribution in [2.75, 3.05) is 13.1 Å². The Kier molecular flexibility index (Phi) is 5.84. The van der Waals surface area contributed by atoms with Gasteiger partial charge in [0, 0.05) is 18.5 Å². The number of urea groups is 1. The van der Waals surface area contributed by atoms with E-state index in [-0.39, 0.29) is 29.1 Å². The Hall–Kier alpha value is -3.99. The first-order valence-corrected chi connectivity index (χ1v) is 11.5. The summed E-state index contributed by atoms with van der Waals surface area (Å²) >= 11 is 1.06. The summed E-state index contributed by atoms with van der Waals surface area (Å²) < 4.78 is 7.20. The largest absolute Gasteiger partial charge is 0.409 e. The Bertz CT molecular complexity index is 1430. The number of amides is 3. The Balaban J connectivity index is 1.46. The quantitative estimate of drug-likeness (QED) is 0.421. The van der Waals surface area contributed by atoms with Gasteiger partial charge in [-0.1, -0.05) is 60.3 Å². The summed E-state index contributed by atoms with van der Waals surface area (Å²) in [7, 11) is 0. The number of aromatic nitrogens is 4. The van der Waals surface area contributed by atoms with E-state index < -0.39 is 11.3 Å². The zero-order valence-electron chi connectivity index (χ0n) is 18.2. The van der Waals surface area contributed by atoms with E-state index >= 15 is 0 Å². The Morgan fingerprint density at radius 1 is 1.09 bits per heavy atom. The summed E-state index contributed by atoms with van der Waals surface area (Å²) in [5.41, 5.74) is 1.09. The van der Waals surface area contributed by atoms with E-state index in [2.05, 4.69) is 20.6 Å². The van der Waals surface area contributed by atoms with Gasteiger partial charge < -0.3 is 9.73 Å². The molecule has 3 heterocycles. The summed E-state index contributed by atoms with van der Waals surface area (Å²) in [4.78, 5) is 38.6. The number of thioether (sulfide) groups is 1. The molecule has 1 saturated heterocycles. The first kappa shape index (κ1) is 21.8. The molecule has 11 heteroatoms. The molecule has 2 aromatic carbocycles. The van der Waals surface area contributed by atoms with Gasteiger partial charge in [0.05, 0.1) is 17.2 Å². The van der Waals surface area contributed by atoms with Gasteiger partial charge in [-0.15, -0.1) is 10.2 Å². The number of fused-ring (bicyclic) bond motifs is 1. The number of nitrogens with one attached hydrogen (secondary N) is 1. The molecule has 172 valence electrons. The number of rotatable bonds is 6. The second-order valence-corrected chi connectivity index (χ2v) is 8.99. The fourth-order valence-corrected chi connectivity index (χ4v) is 4.46. The van der Waals surface area contributed by atoms with Crippen molar-refractivity contribution in [1.82, 2.24) is 30.2 Å². The van der Waals surface area contributed by atoms with Gasteiger partial charge in [-0.05, 0) is 18.6 Å². The lowest BCUT2D eigenvalue weighted by atomic mass is 10.1. The average Bonchev–Trinajstić information content (AvgIpc) is 3.50. The lowest BCUT2D eigenvalue weighted by Crippen LogP contribution is -2.38. The van der Waals surface area contributed by atoms with Crippen LogP contribution >= 0.6 is 11.8 Å². The van der Waals surface area contributed by atoms with Gasteiger partial charge in [-0.3, -0.25) is 14.5 Å². The number of nitrogens with zero attached hydrogens (tertiary/aromatic N) is 5. The highest BCUT2D eigenvalue weighted by Crippen LogP contribution is 2.29. The van der Waals surface area contributed by atoms with Crippen LogP contribution in [-0.4, -0.2) is 55.2 Å². The molecule has 4 aromatic rings. The summed E-state index contributed by atoms with van der Waals surface area (Å²) in [5.74, 6) is -0.196. The Labute approximate surface area is 198 Å². The number of carbonyl (C=O) groups excluding carboxylic acids is 2. The van der Waals surface area contributed by atoms with Crippen LogP contribution in [-0.2, 0) is 11.3 Å². The molecule has 5 rings (SSSR count). The van der Waals surface area contributed by atoms with Gasteiger partial charge >= 0.3 is 6.03 Å². The molecule has 34 heavy (non-hydrogen) atoms. The van der Waals surface area contributed by atoms with Crippen molar-refractivity contribution in [1.29, 1.82) is 0 Å². The van der Waals surface area contributed by atoms with Crippen molar-refractivity contribution in [2.45, 2.75) is 23.9 Å². The molecule has 0 radical (unpaired) electrons. The van der Waals surface area contributed by atoms with Crippen LogP contribution in [0.25, 0.3) is 22.4 Å². The second-order valence-electron chi connectivity index (χ2n) is 7.70. The molecule has 1 aliphatic heterocycles. The molecular formula is C23H20N6O4S. The molecule has 1 unspecified atom stereocenters. The molecule has 1 aliphatic rings. The lowest BCUT2D eigenvalue weighted by Gasteiger charge is -2.15. The Morgan fingerprint density at radius 2 is 1.82 bits per heavy atom. The molecule has 0 bridgehead atoms. The maximum Gasteiger partial charge on any atom is 0.324 e. The van der Waals surface area contributed by atoms with Crippen LogP contribution in [0.15, 0.2) is 69.0 Å². The van der Waals surface area contributed by atoms with Crippen LogP contribution < -0.4 is 10.9 Å². The molecule has 3 amide bonds. The zero-order chi connectivity index (χ0) is 23.7. The number of benzene rings is 2. The molecule has 0 spiro atoms.